The predicted octanol–water partition coefficient (Wildman–Crippen LogP) is 2.38. The van der Waals surface area contributed by atoms with Crippen molar-refractivity contribution in [2.24, 2.45) is 11.1 Å². The molecule has 0 saturated heterocycles. The first-order valence-corrected chi connectivity index (χ1v) is 4.93. The summed E-state index contributed by atoms with van der Waals surface area (Å²) in [7, 11) is 0. The fraction of sp³-hybridized carbons (Fsp3) is 0.417. The number of Topliss-reactive ketones (excluding diaryl/α,β-unsaturated/α-hetero) is 1. The van der Waals surface area contributed by atoms with Gasteiger partial charge < -0.3 is 5.73 Å². The molecule has 1 aromatic carbocycles. The van der Waals surface area contributed by atoms with Crippen LogP contribution in [-0.2, 0) is 0 Å². The van der Waals surface area contributed by atoms with E-state index in [-0.39, 0.29) is 17.0 Å². The van der Waals surface area contributed by atoms with Gasteiger partial charge in [0.1, 0.15) is 5.82 Å². The molecule has 1 aromatic rings. The molecule has 0 atom stereocenters. The Kier molecular flexibility index (Phi) is 3.58. The summed E-state index contributed by atoms with van der Waals surface area (Å²) in [5.41, 5.74) is 5.88. The Morgan fingerprint density at radius 2 is 1.87 bits per heavy atom. The van der Waals surface area contributed by atoms with E-state index in [4.69, 9.17) is 5.73 Å². The molecule has 0 saturated carbocycles. The summed E-state index contributed by atoms with van der Waals surface area (Å²) >= 11 is 0. The summed E-state index contributed by atoms with van der Waals surface area (Å²) in [6.45, 7) is 4.34. The highest BCUT2D eigenvalue weighted by Gasteiger charge is 2.20. The Balaban J connectivity index is 2.74. The monoisotopic (exact) mass is 209 g/mol. The predicted molar refractivity (Wildman–Crippen MR) is 58.2 cm³/mol. The van der Waals surface area contributed by atoms with Crippen LogP contribution >= 0.6 is 0 Å². The van der Waals surface area contributed by atoms with Gasteiger partial charge in [-0.15, -0.1) is 0 Å². The lowest BCUT2D eigenvalue weighted by Crippen LogP contribution is -2.26. The van der Waals surface area contributed by atoms with Crippen molar-refractivity contribution >= 4 is 5.78 Å². The third kappa shape index (κ3) is 3.44. The van der Waals surface area contributed by atoms with Gasteiger partial charge in [0, 0.05) is 12.0 Å². The molecule has 0 aliphatic rings. The van der Waals surface area contributed by atoms with Crippen LogP contribution in [0.25, 0.3) is 0 Å². The largest absolute Gasteiger partial charge is 0.330 e. The zero-order chi connectivity index (χ0) is 11.5. The maximum Gasteiger partial charge on any atom is 0.163 e. The molecular formula is C12H16FNO. The Hall–Kier alpha value is -1.22. The number of carbonyl (C=O) groups excluding carboxylic acids is 1. The van der Waals surface area contributed by atoms with E-state index in [0.717, 1.165) is 0 Å². The van der Waals surface area contributed by atoms with Crippen LogP contribution < -0.4 is 5.73 Å². The molecule has 0 unspecified atom stereocenters. The third-order valence-corrected chi connectivity index (χ3v) is 2.36. The first kappa shape index (κ1) is 11.9. The first-order chi connectivity index (χ1) is 6.94. The molecule has 0 aliphatic heterocycles. The number of carbonyl (C=O) groups is 1. The van der Waals surface area contributed by atoms with Crippen LogP contribution in [0, 0.1) is 11.2 Å². The number of nitrogens with two attached hydrogens (primary N) is 1. The lowest BCUT2D eigenvalue weighted by atomic mass is 9.86. The zero-order valence-electron chi connectivity index (χ0n) is 9.09. The Morgan fingerprint density at radius 3 is 2.33 bits per heavy atom. The minimum Gasteiger partial charge on any atom is -0.330 e. The quantitative estimate of drug-likeness (QED) is 0.774. The average Bonchev–Trinajstić information content (AvgIpc) is 2.18. The molecule has 3 heteroatoms. The average molecular weight is 209 g/mol. The fourth-order valence-corrected chi connectivity index (χ4v) is 1.24. The molecule has 82 valence electrons. The SMILES string of the molecule is CC(C)(CN)CC(=O)c1ccc(F)cc1. The van der Waals surface area contributed by atoms with Gasteiger partial charge in [0.2, 0.25) is 0 Å². The van der Waals surface area contributed by atoms with E-state index >= 15 is 0 Å². The second-order valence-corrected chi connectivity index (χ2v) is 4.48. The molecular weight excluding hydrogens is 193 g/mol. The summed E-state index contributed by atoms with van der Waals surface area (Å²) in [5.74, 6) is -0.324. The third-order valence-electron chi connectivity index (χ3n) is 2.36. The molecule has 0 bridgehead atoms. The molecule has 0 radical (unpaired) electrons. The maximum absolute atomic E-state index is 12.6. The smallest absolute Gasteiger partial charge is 0.163 e. The zero-order valence-corrected chi connectivity index (χ0v) is 9.09. The van der Waals surface area contributed by atoms with Gasteiger partial charge in [-0.05, 0) is 36.2 Å². The minimum atomic E-state index is -0.329. The summed E-state index contributed by atoms with van der Waals surface area (Å²) in [5, 5.41) is 0. The standard InChI is InChI=1S/C12H16FNO/c1-12(2,8-14)7-11(15)9-3-5-10(13)6-4-9/h3-6H,7-8,14H2,1-2H3. The number of hydrogen-bond donors (Lipinski definition) is 1. The van der Waals surface area contributed by atoms with E-state index in [2.05, 4.69) is 0 Å². The highest BCUT2D eigenvalue weighted by molar-refractivity contribution is 5.96. The first-order valence-electron chi connectivity index (χ1n) is 4.93. The Labute approximate surface area is 89.3 Å². The second-order valence-electron chi connectivity index (χ2n) is 4.48. The number of hydrogen-bond acceptors (Lipinski definition) is 2. The lowest BCUT2D eigenvalue weighted by Gasteiger charge is -2.20. The molecule has 0 aliphatic carbocycles. The van der Waals surface area contributed by atoms with Gasteiger partial charge in [-0.1, -0.05) is 13.8 Å². The van der Waals surface area contributed by atoms with Crippen LogP contribution in [0.5, 0.6) is 0 Å². The van der Waals surface area contributed by atoms with Crippen molar-refractivity contribution in [2.75, 3.05) is 6.54 Å². The van der Waals surface area contributed by atoms with E-state index in [0.29, 0.717) is 18.5 Å². The van der Waals surface area contributed by atoms with Gasteiger partial charge in [-0.25, -0.2) is 4.39 Å². The lowest BCUT2D eigenvalue weighted by molar-refractivity contribution is 0.0935. The minimum absolute atomic E-state index is 0.00505. The number of ketones is 1. The molecule has 0 fully saturated rings. The van der Waals surface area contributed by atoms with E-state index in [1.807, 2.05) is 13.8 Å². The van der Waals surface area contributed by atoms with Gasteiger partial charge in [-0.3, -0.25) is 4.79 Å². The van der Waals surface area contributed by atoms with Gasteiger partial charge >= 0.3 is 0 Å². The Morgan fingerprint density at radius 1 is 1.33 bits per heavy atom. The van der Waals surface area contributed by atoms with Crippen LogP contribution in [0.2, 0.25) is 0 Å². The number of rotatable bonds is 4. The maximum atomic E-state index is 12.6. The molecule has 0 amide bonds. The van der Waals surface area contributed by atoms with Crippen LogP contribution in [0.4, 0.5) is 4.39 Å². The van der Waals surface area contributed by atoms with Crippen molar-refractivity contribution in [1.29, 1.82) is 0 Å². The summed E-state index contributed by atoms with van der Waals surface area (Å²) in [4.78, 5) is 11.8. The second kappa shape index (κ2) is 4.53. The van der Waals surface area contributed by atoms with Crippen LogP contribution in [-0.4, -0.2) is 12.3 Å². The van der Waals surface area contributed by atoms with Crippen LogP contribution in [0.3, 0.4) is 0 Å². The van der Waals surface area contributed by atoms with E-state index < -0.39 is 0 Å². The summed E-state index contributed by atoms with van der Waals surface area (Å²) in [6.07, 6.45) is 0.384. The number of benzene rings is 1. The van der Waals surface area contributed by atoms with Gasteiger partial charge in [0.25, 0.3) is 0 Å². The van der Waals surface area contributed by atoms with Gasteiger partial charge in [-0.2, -0.15) is 0 Å². The molecule has 2 N–H and O–H groups in total. The van der Waals surface area contributed by atoms with Crippen LogP contribution in [0.15, 0.2) is 24.3 Å². The van der Waals surface area contributed by atoms with E-state index in [1.165, 1.54) is 24.3 Å². The van der Waals surface area contributed by atoms with Crippen molar-refractivity contribution in [3.05, 3.63) is 35.6 Å². The van der Waals surface area contributed by atoms with E-state index in [9.17, 15) is 9.18 Å². The highest BCUT2D eigenvalue weighted by atomic mass is 19.1. The molecule has 0 heterocycles. The molecule has 0 aromatic heterocycles. The van der Waals surface area contributed by atoms with Crippen molar-refractivity contribution in [3.8, 4) is 0 Å². The van der Waals surface area contributed by atoms with Crippen molar-refractivity contribution < 1.29 is 9.18 Å². The van der Waals surface area contributed by atoms with Crippen molar-refractivity contribution in [2.45, 2.75) is 20.3 Å². The molecule has 0 spiro atoms. The normalized spacial score (nSPS) is 11.5. The Bertz CT molecular complexity index is 343. The number of halogens is 1. The van der Waals surface area contributed by atoms with Crippen molar-refractivity contribution in [3.63, 3.8) is 0 Å². The van der Waals surface area contributed by atoms with E-state index in [1.54, 1.807) is 0 Å². The summed E-state index contributed by atoms with van der Waals surface area (Å²) in [6, 6.07) is 5.60. The molecule has 15 heavy (non-hydrogen) atoms. The fourth-order valence-electron chi connectivity index (χ4n) is 1.24. The van der Waals surface area contributed by atoms with Crippen LogP contribution in [0.1, 0.15) is 30.6 Å². The molecule has 1 rings (SSSR count). The summed E-state index contributed by atoms with van der Waals surface area (Å²) < 4.78 is 12.6. The highest BCUT2D eigenvalue weighted by Crippen LogP contribution is 2.21. The molecule has 2 nitrogen and oxygen atoms in total. The topological polar surface area (TPSA) is 43.1 Å². The van der Waals surface area contributed by atoms with Gasteiger partial charge in [0.15, 0.2) is 5.78 Å². The van der Waals surface area contributed by atoms with Gasteiger partial charge in [0.05, 0.1) is 0 Å². The van der Waals surface area contributed by atoms with Crippen molar-refractivity contribution in [1.82, 2.24) is 0 Å².